The van der Waals surface area contributed by atoms with E-state index in [2.05, 4.69) is 5.32 Å². The van der Waals surface area contributed by atoms with Gasteiger partial charge in [0, 0.05) is 32.2 Å². The number of amides is 1. The van der Waals surface area contributed by atoms with Gasteiger partial charge in [-0.1, -0.05) is 29.8 Å². The standard InChI is InChI=1S/C24H30FN3O3S/c1-16-14-17(2)23(18(3)15-16)32(30,31)28-12-10-27(11-13-28)22(24(29)26-21-8-9-21)19-4-6-20(25)7-5-19/h4-7,14-15,21-22H,8-13H2,1-3H3,(H,26,29). The van der Waals surface area contributed by atoms with Gasteiger partial charge >= 0.3 is 0 Å². The van der Waals surface area contributed by atoms with Crippen LogP contribution >= 0.6 is 0 Å². The van der Waals surface area contributed by atoms with E-state index in [9.17, 15) is 17.6 Å². The molecule has 0 bridgehead atoms. The van der Waals surface area contributed by atoms with E-state index in [4.69, 9.17) is 0 Å². The molecule has 0 spiro atoms. The third kappa shape index (κ3) is 4.72. The number of carbonyl (C=O) groups excluding carboxylic acids is 1. The van der Waals surface area contributed by atoms with Gasteiger partial charge in [0.1, 0.15) is 11.9 Å². The Kier molecular flexibility index (Phi) is 6.38. The number of hydrogen-bond acceptors (Lipinski definition) is 4. The van der Waals surface area contributed by atoms with Crippen LogP contribution in [0.4, 0.5) is 4.39 Å². The molecule has 32 heavy (non-hydrogen) atoms. The number of hydrogen-bond donors (Lipinski definition) is 1. The molecule has 1 atom stereocenters. The molecule has 6 nitrogen and oxygen atoms in total. The third-order valence-corrected chi connectivity index (χ3v) is 8.40. The summed E-state index contributed by atoms with van der Waals surface area (Å²) in [5.41, 5.74) is 3.24. The fraction of sp³-hybridized carbons (Fsp3) is 0.458. The van der Waals surface area contributed by atoms with Crippen LogP contribution in [0.3, 0.4) is 0 Å². The van der Waals surface area contributed by atoms with E-state index < -0.39 is 16.1 Å². The van der Waals surface area contributed by atoms with Gasteiger partial charge < -0.3 is 5.32 Å². The highest BCUT2D eigenvalue weighted by Gasteiger charge is 2.37. The molecule has 1 amide bonds. The predicted octanol–water partition coefficient (Wildman–Crippen LogP) is 3.08. The Morgan fingerprint density at radius 2 is 1.56 bits per heavy atom. The molecule has 2 aromatic rings. The highest BCUT2D eigenvalue weighted by molar-refractivity contribution is 7.89. The number of benzene rings is 2. The van der Waals surface area contributed by atoms with Crippen LogP contribution in [0.5, 0.6) is 0 Å². The summed E-state index contributed by atoms with van der Waals surface area (Å²) in [5, 5.41) is 3.05. The van der Waals surface area contributed by atoms with Crippen molar-refractivity contribution < 1.29 is 17.6 Å². The zero-order valence-corrected chi connectivity index (χ0v) is 19.6. The summed E-state index contributed by atoms with van der Waals surface area (Å²) < 4.78 is 41.8. The summed E-state index contributed by atoms with van der Waals surface area (Å²) in [5.74, 6) is -0.463. The zero-order valence-electron chi connectivity index (χ0n) is 18.8. The van der Waals surface area contributed by atoms with E-state index in [0.29, 0.717) is 36.6 Å². The maximum absolute atomic E-state index is 13.5. The lowest BCUT2D eigenvalue weighted by molar-refractivity contribution is -0.127. The minimum Gasteiger partial charge on any atom is -0.352 e. The first-order valence-electron chi connectivity index (χ1n) is 11.0. The van der Waals surface area contributed by atoms with Crippen molar-refractivity contribution in [2.75, 3.05) is 26.2 Å². The molecule has 172 valence electrons. The molecule has 1 unspecified atom stereocenters. The van der Waals surface area contributed by atoms with Crippen molar-refractivity contribution in [3.8, 4) is 0 Å². The average Bonchev–Trinajstić information content (AvgIpc) is 3.53. The largest absolute Gasteiger partial charge is 0.352 e. The Morgan fingerprint density at radius 1 is 1.00 bits per heavy atom. The van der Waals surface area contributed by atoms with Gasteiger partial charge in [-0.2, -0.15) is 4.31 Å². The predicted molar refractivity (Wildman–Crippen MR) is 121 cm³/mol. The Hall–Kier alpha value is -2.29. The summed E-state index contributed by atoms with van der Waals surface area (Å²) >= 11 is 0. The molecule has 1 saturated carbocycles. The summed E-state index contributed by atoms with van der Waals surface area (Å²) in [7, 11) is -3.63. The molecule has 4 rings (SSSR count). The molecule has 2 fully saturated rings. The van der Waals surface area contributed by atoms with Crippen LogP contribution in [0.15, 0.2) is 41.3 Å². The lowest BCUT2D eigenvalue weighted by Gasteiger charge is -2.38. The molecule has 1 heterocycles. The zero-order chi connectivity index (χ0) is 23.0. The minimum atomic E-state index is -3.63. The maximum Gasteiger partial charge on any atom is 0.243 e. The van der Waals surface area contributed by atoms with Gasteiger partial charge in [-0.3, -0.25) is 9.69 Å². The van der Waals surface area contributed by atoms with Crippen molar-refractivity contribution in [2.45, 2.75) is 50.6 Å². The van der Waals surface area contributed by atoms with Gasteiger partial charge in [0.05, 0.1) is 4.90 Å². The van der Waals surface area contributed by atoms with E-state index in [1.54, 1.807) is 12.1 Å². The number of rotatable bonds is 6. The second-order valence-electron chi connectivity index (χ2n) is 8.90. The van der Waals surface area contributed by atoms with Gasteiger partial charge in [0.15, 0.2) is 0 Å². The number of carbonyl (C=O) groups is 1. The molecule has 0 radical (unpaired) electrons. The van der Waals surface area contributed by atoms with Crippen molar-refractivity contribution in [2.24, 2.45) is 0 Å². The molecule has 0 aromatic heterocycles. The van der Waals surface area contributed by atoms with E-state index in [1.807, 2.05) is 37.8 Å². The van der Waals surface area contributed by atoms with Crippen LogP contribution in [-0.2, 0) is 14.8 Å². The lowest BCUT2D eigenvalue weighted by Crippen LogP contribution is -2.52. The van der Waals surface area contributed by atoms with E-state index >= 15 is 0 Å². The number of aryl methyl sites for hydroxylation is 3. The number of nitrogens with zero attached hydrogens (tertiary/aromatic N) is 2. The van der Waals surface area contributed by atoms with Crippen molar-refractivity contribution in [1.82, 2.24) is 14.5 Å². The smallest absolute Gasteiger partial charge is 0.243 e. The fourth-order valence-corrected chi connectivity index (χ4v) is 6.42. The summed E-state index contributed by atoms with van der Waals surface area (Å²) in [4.78, 5) is 15.4. The Bertz CT molecular complexity index is 1080. The number of halogens is 1. The van der Waals surface area contributed by atoms with Crippen LogP contribution in [0.25, 0.3) is 0 Å². The molecule has 8 heteroatoms. The van der Waals surface area contributed by atoms with Crippen LogP contribution in [-0.4, -0.2) is 55.8 Å². The molecule has 1 aliphatic carbocycles. The van der Waals surface area contributed by atoms with Crippen LogP contribution in [0, 0.1) is 26.6 Å². The van der Waals surface area contributed by atoms with Crippen molar-refractivity contribution in [1.29, 1.82) is 0 Å². The lowest BCUT2D eigenvalue weighted by atomic mass is 10.0. The first kappa shape index (κ1) is 22.9. The maximum atomic E-state index is 13.5. The van der Waals surface area contributed by atoms with Crippen LogP contribution < -0.4 is 5.32 Å². The SMILES string of the molecule is Cc1cc(C)c(S(=O)(=O)N2CCN(C(C(=O)NC3CC3)c3ccc(F)cc3)CC2)c(C)c1. The van der Waals surface area contributed by atoms with E-state index in [1.165, 1.54) is 16.4 Å². The normalized spacial score (nSPS) is 19.0. The monoisotopic (exact) mass is 459 g/mol. The highest BCUT2D eigenvalue weighted by atomic mass is 32.2. The molecular formula is C24H30FN3O3S. The Balaban J connectivity index is 1.54. The van der Waals surface area contributed by atoms with Crippen molar-refractivity contribution in [3.05, 3.63) is 64.5 Å². The Labute approximate surface area is 189 Å². The number of sulfonamides is 1. The quantitative estimate of drug-likeness (QED) is 0.721. The molecule has 2 aromatic carbocycles. The first-order chi connectivity index (χ1) is 15.2. The Morgan fingerprint density at radius 3 is 2.09 bits per heavy atom. The summed E-state index contributed by atoms with van der Waals surface area (Å²) in [6.07, 6.45) is 1.95. The fourth-order valence-electron chi connectivity index (χ4n) is 4.59. The highest BCUT2D eigenvalue weighted by Crippen LogP contribution is 2.29. The molecule has 1 N–H and O–H groups in total. The summed E-state index contributed by atoms with van der Waals surface area (Å²) in [6.45, 7) is 7.04. The molecule has 1 aliphatic heterocycles. The van der Waals surface area contributed by atoms with E-state index in [-0.39, 0.29) is 17.8 Å². The molecular weight excluding hydrogens is 429 g/mol. The third-order valence-electron chi connectivity index (χ3n) is 6.20. The van der Waals surface area contributed by atoms with Crippen molar-refractivity contribution >= 4 is 15.9 Å². The minimum absolute atomic E-state index is 0.111. The van der Waals surface area contributed by atoms with Gasteiger partial charge in [-0.25, -0.2) is 12.8 Å². The van der Waals surface area contributed by atoms with Crippen molar-refractivity contribution in [3.63, 3.8) is 0 Å². The van der Waals surface area contributed by atoms with Gasteiger partial charge in [-0.05, 0) is 62.4 Å². The van der Waals surface area contributed by atoms with Gasteiger partial charge in [0.25, 0.3) is 0 Å². The topological polar surface area (TPSA) is 69.7 Å². The number of nitrogens with one attached hydrogen (secondary N) is 1. The van der Waals surface area contributed by atoms with E-state index in [0.717, 1.165) is 29.5 Å². The van der Waals surface area contributed by atoms with Gasteiger partial charge in [0.2, 0.25) is 15.9 Å². The first-order valence-corrected chi connectivity index (χ1v) is 12.5. The number of piperazine rings is 1. The molecule has 2 aliphatic rings. The van der Waals surface area contributed by atoms with Crippen LogP contribution in [0.1, 0.15) is 41.1 Å². The molecule has 1 saturated heterocycles. The summed E-state index contributed by atoms with van der Waals surface area (Å²) in [6, 6.07) is 9.41. The second-order valence-corrected chi connectivity index (χ2v) is 10.8. The van der Waals surface area contributed by atoms with Gasteiger partial charge in [-0.15, -0.1) is 0 Å². The van der Waals surface area contributed by atoms with Crippen LogP contribution in [0.2, 0.25) is 0 Å². The average molecular weight is 460 g/mol. The second kappa shape index (κ2) is 8.92.